The maximum atomic E-state index is 5.59. The molecular weight excluding hydrogens is 192 g/mol. The number of rotatable bonds is 4. The Morgan fingerprint density at radius 2 is 1.79 bits per heavy atom. The van der Waals surface area contributed by atoms with E-state index in [1.165, 1.54) is 5.56 Å². The lowest BCUT2D eigenvalue weighted by molar-refractivity contribution is 0.0286. The van der Waals surface area contributed by atoms with E-state index in [-0.39, 0.29) is 6.29 Å². The summed E-state index contributed by atoms with van der Waals surface area (Å²) in [4.78, 5) is 0. The molecule has 0 saturated heterocycles. The van der Waals surface area contributed by atoms with Crippen LogP contribution in [0.1, 0.15) is 32.3 Å². The van der Waals surface area contributed by atoms with E-state index in [0.717, 1.165) is 5.75 Å². The predicted octanol–water partition coefficient (Wildman–Crippen LogP) is 2.63. The third-order valence-electron chi connectivity index (χ3n) is 2.00. The number of hydrogen-bond acceptors (Lipinski definition) is 2. The van der Waals surface area contributed by atoms with Crippen molar-refractivity contribution in [3.63, 3.8) is 0 Å². The Morgan fingerprint density at radius 3 is 2.36 bits per heavy atom. The lowest BCUT2D eigenvalue weighted by Gasteiger charge is -2.17. The summed E-state index contributed by atoms with van der Waals surface area (Å²) in [7, 11) is 2.96. The molecule has 0 N–H and O–H groups in total. The van der Waals surface area contributed by atoms with Crippen LogP contribution in [0.2, 0.25) is 0 Å². The summed E-state index contributed by atoms with van der Waals surface area (Å²) >= 11 is 0. The van der Waals surface area contributed by atoms with Crippen molar-refractivity contribution in [3.05, 3.63) is 29.8 Å². The number of hydrogen-bond donors (Lipinski definition) is 0. The van der Waals surface area contributed by atoms with Gasteiger partial charge in [0.1, 0.15) is 5.75 Å². The van der Waals surface area contributed by atoms with Gasteiger partial charge in [0.15, 0.2) is 6.29 Å². The summed E-state index contributed by atoms with van der Waals surface area (Å²) in [5, 5.41) is 0. The van der Waals surface area contributed by atoms with Gasteiger partial charge < -0.3 is 9.16 Å². The molecule has 14 heavy (non-hydrogen) atoms. The molecule has 0 aliphatic carbocycles. The molecule has 1 aromatic rings. The highest BCUT2D eigenvalue weighted by Crippen LogP contribution is 2.26. The van der Waals surface area contributed by atoms with E-state index in [0.29, 0.717) is 5.92 Å². The van der Waals surface area contributed by atoms with Gasteiger partial charge >= 0.3 is 0 Å². The highest BCUT2D eigenvalue weighted by atomic mass is 28.2. The van der Waals surface area contributed by atoms with Crippen molar-refractivity contribution in [1.82, 2.24) is 0 Å². The number of ether oxygens (including phenoxy) is 1. The van der Waals surface area contributed by atoms with Gasteiger partial charge in [0.25, 0.3) is 10.5 Å². The normalized spacial score (nSPS) is 12.9. The molecule has 1 aromatic carbocycles. The fourth-order valence-corrected chi connectivity index (χ4v) is 1.32. The minimum atomic E-state index is -0.286. The minimum absolute atomic E-state index is 0.286. The molecule has 3 heteroatoms. The van der Waals surface area contributed by atoms with E-state index in [9.17, 15) is 0 Å². The molecule has 0 amide bonds. The molecule has 0 saturated carbocycles. The van der Waals surface area contributed by atoms with Crippen LogP contribution in [-0.4, -0.2) is 16.8 Å². The molecular formula is C11H15O2Si. The van der Waals surface area contributed by atoms with Gasteiger partial charge in [-0.25, -0.2) is 0 Å². The first kappa shape index (κ1) is 11.3. The molecule has 3 radical (unpaired) electrons. The molecule has 0 spiro atoms. The van der Waals surface area contributed by atoms with Crippen molar-refractivity contribution in [2.45, 2.75) is 33.0 Å². The molecule has 0 aliphatic heterocycles. The summed E-state index contributed by atoms with van der Waals surface area (Å²) in [6.45, 7) is 6.12. The summed E-state index contributed by atoms with van der Waals surface area (Å²) in [5.41, 5.74) is 1.20. The van der Waals surface area contributed by atoms with Gasteiger partial charge in [-0.1, -0.05) is 32.0 Å². The standard InChI is InChI=1S/C11H15O2Si/c1-8(2)10-6-4-5-7-11(10)12-9(3)13-14/h4-9H,1-3H3. The largest absolute Gasteiger partial charge is 0.466 e. The molecule has 1 unspecified atom stereocenters. The zero-order valence-corrected chi connectivity index (χ0v) is 9.78. The van der Waals surface area contributed by atoms with Crippen LogP contribution in [0.25, 0.3) is 0 Å². The number of benzene rings is 1. The zero-order valence-electron chi connectivity index (χ0n) is 8.78. The van der Waals surface area contributed by atoms with Crippen molar-refractivity contribution >= 4 is 10.5 Å². The Hall–Kier alpha value is -0.803. The molecule has 1 atom stereocenters. The molecule has 0 fully saturated rings. The van der Waals surface area contributed by atoms with Crippen LogP contribution in [0.3, 0.4) is 0 Å². The number of para-hydroxylation sites is 1. The van der Waals surface area contributed by atoms with Gasteiger partial charge in [0, 0.05) is 0 Å². The molecule has 1 rings (SSSR count). The first-order valence-electron chi connectivity index (χ1n) is 4.73. The fourth-order valence-electron chi connectivity index (χ4n) is 1.27. The van der Waals surface area contributed by atoms with Crippen LogP contribution in [0, 0.1) is 0 Å². The van der Waals surface area contributed by atoms with Crippen molar-refractivity contribution in [1.29, 1.82) is 0 Å². The van der Waals surface area contributed by atoms with Crippen molar-refractivity contribution < 1.29 is 9.16 Å². The Labute approximate surface area is 88.8 Å². The third kappa shape index (κ3) is 2.85. The molecule has 0 heterocycles. The maximum Gasteiger partial charge on any atom is 0.251 e. The second-order valence-electron chi connectivity index (χ2n) is 3.50. The van der Waals surface area contributed by atoms with Crippen LogP contribution in [0.15, 0.2) is 24.3 Å². The predicted molar refractivity (Wildman–Crippen MR) is 57.5 cm³/mol. The van der Waals surface area contributed by atoms with E-state index in [1.54, 1.807) is 0 Å². The summed E-state index contributed by atoms with van der Waals surface area (Å²) in [6, 6.07) is 8.00. The summed E-state index contributed by atoms with van der Waals surface area (Å²) < 4.78 is 10.5. The SMILES string of the molecule is CC(O[Si])Oc1ccccc1C(C)C. The van der Waals surface area contributed by atoms with Crippen LogP contribution in [0.5, 0.6) is 5.75 Å². The minimum Gasteiger partial charge on any atom is -0.466 e. The zero-order chi connectivity index (χ0) is 10.6. The van der Waals surface area contributed by atoms with E-state index in [4.69, 9.17) is 9.16 Å². The van der Waals surface area contributed by atoms with Gasteiger partial charge in [-0.2, -0.15) is 0 Å². The maximum absolute atomic E-state index is 5.59. The van der Waals surface area contributed by atoms with Crippen LogP contribution < -0.4 is 4.74 Å². The van der Waals surface area contributed by atoms with E-state index >= 15 is 0 Å². The lowest BCUT2D eigenvalue weighted by atomic mass is 10.0. The fraction of sp³-hybridized carbons (Fsp3) is 0.455. The van der Waals surface area contributed by atoms with Crippen molar-refractivity contribution in [2.24, 2.45) is 0 Å². The molecule has 2 nitrogen and oxygen atoms in total. The first-order valence-corrected chi connectivity index (χ1v) is 5.14. The van der Waals surface area contributed by atoms with Crippen LogP contribution >= 0.6 is 0 Å². The second-order valence-corrected chi connectivity index (χ2v) is 3.73. The Balaban J connectivity index is 2.84. The average Bonchev–Trinajstić information content (AvgIpc) is 2.18. The van der Waals surface area contributed by atoms with Crippen molar-refractivity contribution in [3.8, 4) is 5.75 Å². The van der Waals surface area contributed by atoms with Crippen LogP contribution in [0.4, 0.5) is 0 Å². The van der Waals surface area contributed by atoms with Crippen LogP contribution in [-0.2, 0) is 4.43 Å². The third-order valence-corrected chi connectivity index (χ3v) is 2.33. The lowest BCUT2D eigenvalue weighted by Crippen LogP contribution is -2.15. The molecule has 75 valence electrons. The van der Waals surface area contributed by atoms with E-state index in [1.807, 2.05) is 25.1 Å². The van der Waals surface area contributed by atoms with Gasteiger partial charge in [0.2, 0.25) is 0 Å². The van der Waals surface area contributed by atoms with Crippen molar-refractivity contribution in [2.75, 3.05) is 0 Å². The topological polar surface area (TPSA) is 18.5 Å². The monoisotopic (exact) mass is 207 g/mol. The molecule has 0 bridgehead atoms. The summed E-state index contributed by atoms with van der Waals surface area (Å²) in [5.74, 6) is 1.33. The first-order chi connectivity index (χ1) is 6.65. The highest BCUT2D eigenvalue weighted by Gasteiger charge is 2.09. The quantitative estimate of drug-likeness (QED) is 0.558. The van der Waals surface area contributed by atoms with Gasteiger partial charge in [0.05, 0.1) is 0 Å². The average molecular weight is 207 g/mol. The second kappa shape index (κ2) is 5.17. The molecule has 0 aliphatic rings. The highest BCUT2D eigenvalue weighted by molar-refractivity contribution is 5.98. The Kier molecular flexibility index (Phi) is 4.16. The Bertz CT molecular complexity index is 286. The van der Waals surface area contributed by atoms with Gasteiger partial charge in [-0.3, -0.25) is 0 Å². The van der Waals surface area contributed by atoms with Gasteiger partial charge in [-0.15, -0.1) is 0 Å². The molecule has 0 aromatic heterocycles. The smallest absolute Gasteiger partial charge is 0.251 e. The van der Waals surface area contributed by atoms with E-state index in [2.05, 4.69) is 30.4 Å². The summed E-state index contributed by atoms with van der Waals surface area (Å²) in [6.07, 6.45) is -0.286. The van der Waals surface area contributed by atoms with E-state index < -0.39 is 0 Å². The van der Waals surface area contributed by atoms with Gasteiger partial charge in [-0.05, 0) is 24.5 Å². The Morgan fingerprint density at radius 1 is 1.14 bits per heavy atom.